The molecule has 6 heteroatoms. The predicted molar refractivity (Wildman–Crippen MR) is 126 cm³/mol. The first-order valence-corrected chi connectivity index (χ1v) is 11.2. The second-order valence-corrected chi connectivity index (χ2v) is 8.33. The number of carbonyl (C=O) groups excluding carboxylic acids is 2. The Morgan fingerprint density at radius 3 is 2.48 bits per heavy atom. The summed E-state index contributed by atoms with van der Waals surface area (Å²) in [7, 11) is 0. The number of amides is 2. The highest BCUT2D eigenvalue weighted by Crippen LogP contribution is 2.44. The molecule has 0 aliphatic carbocycles. The van der Waals surface area contributed by atoms with E-state index >= 15 is 0 Å². The van der Waals surface area contributed by atoms with Crippen LogP contribution in [0.3, 0.4) is 0 Å². The summed E-state index contributed by atoms with van der Waals surface area (Å²) in [5, 5.41) is 2.80. The highest BCUT2D eigenvalue weighted by atomic mass is 32.2. The quantitative estimate of drug-likeness (QED) is 0.565. The topological polar surface area (TPSA) is 58.6 Å². The third kappa shape index (κ3) is 4.59. The van der Waals surface area contributed by atoms with Crippen LogP contribution in [-0.2, 0) is 4.79 Å². The fraction of sp³-hybridized carbons (Fsp3) is 0.200. The summed E-state index contributed by atoms with van der Waals surface area (Å²) in [6, 6.07) is 22.6. The number of aryl methyl sites for hydroxylation is 1. The number of para-hydroxylation sites is 1. The zero-order chi connectivity index (χ0) is 21.8. The zero-order valence-corrected chi connectivity index (χ0v) is 18.3. The molecule has 1 aliphatic rings. The van der Waals surface area contributed by atoms with Gasteiger partial charge in [-0.15, -0.1) is 11.8 Å². The average molecular weight is 433 g/mol. The number of thioether (sulfide) groups is 1. The Morgan fingerprint density at radius 1 is 1.06 bits per heavy atom. The molecule has 31 heavy (non-hydrogen) atoms. The number of ether oxygens (including phenoxy) is 1. The van der Waals surface area contributed by atoms with Gasteiger partial charge in [-0.2, -0.15) is 0 Å². The monoisotopic (exact) mass is 432 g/mol. The molecule has 3 aromatic carbocycles. The van der Waals surface area contributed by atoms with Crippen molar-refractivity contribution in [1.29, 1.82) is 0 Å². The molecule has 1 saturated heterocycles. The summed E-state index contributed by atoms with van der Waals surface area (Å²) >= 11 is 1.55. The number of hydrogen-bond acceptors (Lipinski definition) is 4. The van der Waals surface area contributed by atoms with Gasteiger partial charge in [0.1, 0.15) is 11.1 Å². The molecular formula is C25H24N2O3S. The van der Waals surface area contributed by atoms with E-state index in [0.717, 1.165) is 22.6 Å². The molecular weight excluding hydrogens is 408 g/mol. The van der Waals surface area contributed by atoms with Gasteiger partial charge in [0.05, 0.1) is 12.4 Å². The van der Waals surface area contributed by atoms with E-state index in [0.29, 0.717) is 23.6 Å². The molecule has 0 bridgehead atoms. The highest BCUT2D eigenvalue weighted by Gasteiger charge is 2.35. The maximum atomic E-state index is 12.8. The second kappa shape index (κ2) is 9.27. The summed E-state index contributed by atoms with van der Waals surface area (Å²) in [6.45, 7) is 4.52. The van der Waals surface area contributed by atoms with Crippen molar-refractivity contribution >= 4 is 35.0 Å². The van der Waals surface area contributed by atoms with Crippen LogP contribution in [0.5, 0.6) is 5.75 Å². The lowest BCUT2D eigenvalue weighted by atomic mass is 10.1. The summed E-state index contributed by atoms with van der Waals surface area (Å²) < 4.78 is 5.52. The number of nitrogens with zero attached hydrogens (tertiary/aromatic N) is 1. The van der Waals surface area contributed by atoms with Crippen molar-refractivity contribution in [3.63, 3.8) is 0 Å². The van der Waals surface area contributed by atoms with Crippen LogP contribution < -0.4 is 15.0 Å². The first kappa shape index (κ1) is 21.0. The summed E-state index contributed by atoms with van der Waals surface area (Å²) in [5.74, 6) is 1.03. The molecule has 0 unspecified atom stereocenters. The number of benzene rings is 3. The highest BCUT2D eigenvalue weighted by molar-refractivity contribution is 8.00. The molecule has 0 radical (unpaired) electrons. The summed E-state index contributed by atoms with van der Waals surface area (Å²) in [6.07, 6.45) is 0. The van der Waals surface area contributed by atoms with Crippen LogP contribution in [0.15, 0.2) is 72.8 Å². The van der Waals surface area contributed by atoms with Gasteiger partial charge in [0.25, 0.3) is 5.91 Å². The Morgan fingerprint density at radius 2 is 1.77 bits per heavy atom. The minimum Gasteiger partial charge on any atom is -0.494 e. The molecule has 158 valence electrons. The van der Waals surface area contributed by atoms with Crippen LogP contribution >= 0.6 is 11.8 Å². The van der Waals surface area contributed by atoms with Crippen molar-refractivity contribution < 1.29 is 14.3 Å². The van der Waals surface area contributed by atoms with E-state index in [1.165, 1.54) is 0 Å². The van der Waals surface area contributed by atoms with Gasteiger partial charge < -0.3 is 10.1 Å². The van der Waals surface area contributed by atoms with E-state index in [2.05, 4.69) is 5.32 Å². The molecule has 1 fully saturated rings. The smallest absolute Gasteiger partial charge is 0.255 e. The number of anilines is 2. The standard InChI is InChI=1S/C25H24N2O3S/c1-3-30-20-14-12-19(13-15-20)27-23(28)16-31-25(27)21-6-4-5-7-22(21)26-24(29)18-10-8-17(2)9-11-18/h4-15,25H,3,16H2,1-2H3,(H,26,29)/t25-/m1/s1. The van der Waals surface area contributed by atoms with Crippen LogP contribution in [0.25, 0.3) is 0 Å². The lowest BCUT2D eigenvalue weighted by Gasteiger charge is -2.26. The van der Waals surface area contributed by atoms with Crippen molar-refractivity contribution in [3.8, 4) is 5.75 Å². The van der Waals surface area contributed by atoms with Gasteiger partial charge in [-0.1, -0.05) is 35.9 Å². The molecule has 4 rings (SSSR count). The molecule has 0 aromatic heterocycles. The predicted octanol–water partition coefficient (Wildman–Crippen LogP) is 5.42. The summed E-state index contributed by atoms with van der Waals surface area (Å²) in [4.78, 5) is 27.3. The van der Waals surface area contributed by atoms with Crippen LogP contribution in [0.1, 0.15) is 33.8 Å². The minimum absolute atomic E-state index is 0.0406. The van der Waals surface area contributed by atoms with E-state index in [4.69, 9.17) is 4.74 Å². The van der Waals surface area contributed by atoms with Crippen molar-refractivity contribution in [3.05, 3.63) is 89.5 Å². The molecule has 1 heterocycles. The third-order valence-electron chi connectivity index (χ3n) is 5.08. The molecule has 0 saturated carbocycles. The Kier molecular flexibility index (Phi) is 6.28. The molecule has 2 amide bonds. The van der Waals surface area contributed by atoms with Crippen LogP contribution in [0, 0.1) is 6.92 Å². The van der Waals surface area contributed by atoms with E-state index < -0.39 is 0 Å². The normalized spacial score (nSPS) is 15.7. The molecule has 1 aliphatic heterocycles. The average Bonchev–Trinajstić information content (AvgIpc) is 3.16. The molecule has 1 N–H and O–H groups in total. The largest absolute Gasteiger partial charge is 0.494 e. The first-order chi connectivity index (χ1) is 15.1. The Labute approximate surface area is 186 Å². The lowest BCUT2D eigenvalue weighted by molar-refractivity contribution is -0.115. The van der Waals surface area contributed by atoms with Crippen molar-refractivity contribution in [1.82, 2.24) is 0 Å². The van der Waals surface area contributed by atoms with Crippen LogP contribution in [0.2, 0.25) is 0 Å². The first-order valence-electron chi connectivity index (χ1n) is 10.2. The maximum absolute atomic E-state index is 12.8. The van der Waals surface area contributed by atoms with Crippen molar-refractivity contribution in [2.75, 3.05) is 22.6 Å². The summed E-state index contributed by atoms with van der Waals surface area (Å²) in [5.41, 5.74) is 4.11. The van der Waals surface area contributed by atoms with E-state index in [1.54, 1.807) is 16.7 Å². The van der Waals surface area contributed by atoms with E-state index in [1.807, 2.05) is 86.6 Å². The lowest BCUT2D eigenvalue weighted by Crippen LogP contribution is -2.28. The zero-order valence-electron chi connectivity index (χ0n) is 17.5. The second-order valence-electron chi connectivity index (χ2n) is 7.26. The number of rotatable bonds is 6. The Hall–Kier alpha value is -3.25. The van der Waals surface area contributed by atoms with Crippen LogP contribution in [-0.4, -0.2) is 24.2 Å². The minimum atomic E-state index is -0.222. The number of hydrogen-bond donors (Lipinski definition) is 1. The fourth-order valence-electron chi connectivity index (χ4n) is 3.53. The van der Waals surface area contributed by atoms with Gasteiger partial charge in [-0.25, -0.2) is 0 Å². The Balaban J connectivity index is 1.61. The molecule has 5 nitrogen and oxygen atoms in total. The Bertz CT molecular complexity index is 1080. The van der Waals surface area contributed by atoms with Gasteiger partial charge in [0.15, 0.2) is 0 Å². The van der Waals surface area contributed by atoms with Gasteiger partial charge in [0, 0.05) is 22.5 Å². The van der Waals surface area contributed by atoms with Gasteiger partial charge in [-0.3, -0.25) is 14.5 Å². The van der Waals surface area contributed by atoms with E-state index in [9.17, 15) is 9.59 Å². The van der Waals surface area contributed by atoms with Gasteiger partial charge in [-0.05, 0) is 56.3 Å². The van der Waals surface area contributed by atoms with Gasteiger partial charge in [0.2, 0.25) is 5.91 Å². The maximum Gasteiger partial charge on any atom is 0.255 e. The SMILES string of the molecule is CCOc1ccc(N2C(=O)CS[C@@H]2c2ccccc2NC(=O)c2ccc(C)cc2)cc1. The molecule has 3 aromatic rings. The van der Waals surface area contributed by atoms with E-state index in [-0.39, 0.29) is 17.2 Å². The number of nitrogens with one attached hydrogen (secondary N) is 1. The van der Waals surface area contributed by atoms with Crippen LogP contribution in [0.4, 0.5) is 11.4 Å². The molecule has 1 atom stereocenters. The molecule has 0 spiro atoms. The van der Waals surface area contributed by atoms with Crippen molar-refractivity contribution in [2.24, 2.45) is 0 Å². The van der Waals surface area contributed by atoms with Gasteiger partial charge >= 0.3 is 0 Å². The van der Waals surface area contributed by atoms with Crippen molar-refractivity contribution in [2.45, 2.75) is 19.2 Å². The number of carbonyl (C=O) groups is 2. The third-order valence-corrected chi connectivity index (χ3v) is 6.28. The fourth-order valence-corrected chi connectivity index (χ4v) is 4.74.